The van der Waals surface area contributed by atoms with Gasteiger partial charge in [-0.25, -0.2) is 9.78 Å². The molecule has 1 heterocycles. The zero-order valence-electron chi connectivity index (χ0n) is 19.4. The Morgan fingerprint density at radius 2 is 1.85 bits per heavy atom. The number of carbonyl (C=O) groups is 1. The van der Waals surface area contributed by atoms with Gasteiger partial charge in [0.15, 0.2) is 0 Å². The number of rotatable bonds is 9. The number of hydrogen-bond acceptors (Lipinski definition) is 5. The van der Waals surface area contributed by atoms with Gasteiger partial charge >= 0.3 is 6.03 Å². The van der Waals surface area contributed by atoms with Gasteiger partial charge < -0.3 is 19.9 Å². The van der Waals surface area contributed by atoms with E-state index >= 15 is 0 Å². The molecule has 0 spiro atoms. The smallest absolute Gasteiger partial charge is 0.322 e. The van der Waals surface area contributed by atoms with Crippen molar-refractivity contribution >= 4 is 38.6 Å². The monoisotopic (exact) mass is 515 g/mol. The van der Waals surface area contributed by atoms with E-state index in [0.29, 0.717) is 48.7 Å². The van der Waals surface area contributed by atoms with Crippen LogP contribution in [0.4, 0.5) is 10.5 Å². The minimum absolute atomic E-state index is 0.140. The first-order valence-corrected chi connectivity index (χ1v) is 11.6. The number of nitrogens with zero attached hydrogens (tertiary/aromatic N) is 4. The second-order valence-corrected chi connectivity index (χ2v) is 8.87. The number of benzene rings is 2. The summed E-state index contributed by atoms with van der Waals surface area (Å²) < 4.78 is 7.64. The highest BCUT2D eigenvalue weighted by molar-refractivity contribution is 9.10. The quantitative estimate of drug-likeness (QED) is 0.466. The fourth-order valence-electron chi connectivity index (χ4n) is 3.57. The number of para-hydroxylation sites is 2. The molecule has 0 saturated heterocycles. The molecule has 0 fully saturated rings. The van der Waals surface area contributed by atoms with E-state index in [2.05, 4.69) is 21.2 Å². The SMILES string of the molecule is COCCn1c(C(C)N(CCN(C)C)C(=O)Nc2ccccc2Br)nc2ccccc2c1=O. The molecule has 8 nitrogen and oxygen atoms in total. The van der Waals surface area contributed by atoms with Crippen molar-refractivity contribution in [1.29, 1.82) is 0 Å². The number of ether oxygens (including phenoxy) is 1. The van der Waals surface area contributed by atoms with Gasteiger partial charge in [-0.1, -0.05) is 24.3 Å². The Morgan fingerprint density at radius 1 is 1.15 bits per heavy atom. The average Bonchev–Trinajstić information content (AvgIpc) is 2.79. The maximum absolute atomic E-state index is 13.4. The third kappa shape index (κ3) is 5.98. The van der Waals surface area contributed by atoms with E-state index in [1.807, 2.05) is 68.4 Å². The van der Waals surface area contributed by atoms with Crippen LogP contribution < -0.4 is 10.9 Å². The molecule has 0 aliphatic heterocycles. The van der Waals surface area contributed by atoms with Gasteiger partial charge in [0.1, 0.15) is 5.82 Å². The van der Waals surface area contributed by atoms with Crippen LogP contribution in [0, 0.1) is 0 Å². The summed E-state index contributed by atoms with van der Waals surface area (Å²) in [6.45, 7) is 3.72. The molecule has 3 aromatic rings. The second-order valence-electron chi connectivity index (χ2n) is 8.02. The van der Waals surface area contributed by atoms with Crippen LogP contribution >= 0.6 is 15.9 Å². The summed E-state index contributed by atoms with van der Waals surface area (Å²) in [4.78, 5) is 35.2. The van der Waals surface area contributed by atoms with Gasteiger partial charge in [-0.15, -0.1) is 0 Å². The van der Waals surface area contributed by atoms with Gasteiger partial charge in [-0.3, -0.25) is 9.36 Å². The van der Waals surface area contributed by atoms with Crippen molar-refractivity contribution in [3.8, 4) is 0 Å². The van der Waals surface area contributed by atoms with E-state index in [1.54, 1.807) is 22.6 Å². The molecule has 0 saturated carbocycles. The average molecular weight is 516 g/mol. The Hall–Kier alpha value is -2.75. The second kappa shape index (κ2) is 11.4. The highest BCUT2D eigenvalue weighted by Gasteiger charge is 2.26. The normalized spacial score (nSPS) is 12.2. The number of urea groups is 1. The number of hydrogen-bond donors (Lipinski definition) is 1. The standard InChI is InChI=1S/C24H30BrN5O3/c1-17(22-26-20-11-7-5-9-18(20)23(31)30(22)15-16-33-4)29(14-13-28(2)3)24(32)27-21-12-8-6-10-19(21)25/h5-12,17H,13-16H2,1-4H3,(H,27,32). The van der Waals surface area contributed by atoms with Gasteiger partial charge in [0, 0.05) is 24.7 Å². The summed E-state index contributed by atoms with van der Waals surface area (Å²) >= 11 is 3.48. The lowest BCUT2D eigenvalue weighted by Crippen LogP contribution is -2.43. The van der Waals surface area contributed by atoms with Crippen molar-refractivity contribution in [2.45, 2.75) is 19.5 Å². The van der Waals surface area contributed by atoms with Crippen molar-refractivity contribution < 1.29 is 9.53 Å². The molecule has 9 heteroatoms. The Morgan fingerprint density at radius 3 is 2.55 bits per heavy atom. The molecule has 1 atom stereocenters. The van der Waals surface area contributed by atoms with Crippen LogP contribution in [0.3, 0.4) is 0 Å². The Bertz CT molecular complexity index is 1160. The zero-order valence-corrected chi connectivity index (χ0v) is 21.0. The predicted octanol–water partition coefficient (Wildman–Crippen LogP) is 3.96. The number of methoxy groups -OCH3 is 1. The van der Waals surface area contributed by atoms with E-state index in [9.17, 15) is 9.59 Å². The topological polar surface area (TPSA) is 79.7 Å². The predicted molar refractivity (Wildman–Crippen MR) is 135 cm³/mol. The lowest BCUT2D eigenvalue weighted by Gasteiger charge is -2.31. The summed E-state index contributed by atoms with van der Waals surface area (Å²) in [5, 5.41) is 3.52. The number of anilines is 1. The lowest BCUT2D eigenvalue weighted by molar-refractivity contribution is 0.170. The number of aromatic nitrogens is 2. The fraction of sp³-hybridized carbons (Fsp3) is 0.375. The van der Waals surface area contributed by atoms with Gasteiger partial charge in [0.25, 0.3) is 5.56 Å². The first-order valence-electron chi connectivity index (χ1n) is 10.8. The molecule has 1 N–H and O–H groups in total. The van der Waals surface area contributed by atoms with Crippen LogP contribution in [0.25, 0.3) is 10.9 Å². The minimum Gasteiger partial charge on any atom is -0.383 e. The Balaban J connectivity index is 2.04. The summed E-state index contributed by atoms with van der Waals surface area (Å²) in [7, 11) is 5.51. The number of fused-ring (bicyclic) bond motifs is 1. The minimum atomic E-state index is -0.457. The van der Waals surface area contributed by atoms with Gasteiger partial charge in [0.2, 0.25) is 0 Å². The number of amides is 2. The van der Waals surface area contributed by atoms with Gasteiger partial charge in [-0.05, 0) is 61.2 Å². The third-order valence-electron chi connectivity index (χ3n) is 5.42. The van der Waals surface area contributed by atoms with Crippen molar-refractivity contribution in [1.82, 2.24) is 19.4 Å². The van der Waals surface area contributed by atoms with E-state index in [0.717, 1.165) is 4.47 Å². The molecule has 1 unspecified atom stereocenters. The maximum atomic E-state index is 13.4. The van der Waals surface area contributed by atoms with E-state index in [-0.39, 0.29) is 11.6 Å². The summed E-state index contributed by atoms with van der Waals surface area (Å²) in [6, 6.07) is 14.0. The molecule has 2 amide bonds. The van der Waals surface area contributed by atoms with Crippen LogP contribution in [0.2, 0.25) is 0 Å². The van der Waals surface area contributed by atoms with Crippen molar-refractivity contribution in [3.63, 3.8) is 0 Å². The molecular weight excluding hydrogens is 486 g/mol. The van der Waals surface area contributed by atoms with Crippen LogP contribution in [-0.2, 0) is 11.3 Å². The maximum Gasteiger partial charge on any atom is 0.322 e. The third-order valence-corrected chi connectivity index (χ3v) is 6.11. The van der Waals surface area contributed by atoms with Crippen LogP contribution in [0.15, 0.2) is 57.8 Å². The fourth-order valence-corrected chi connectivity index (χ4v) is 3.95. The number of halogens is 1. The molecule has 0 bridgehead atoms. The molecule has 0 aliphatic rings. The van der Waals surface area contributed by atoms with Gasteiger partial charge in [0.05, 0.1) is 35.8 Å². The van der Waals surface area contributed by atoms with Crippen molar-refractivity contribution in [3.05, 3.63) is 69.2 Å². The van der Waals surface area contributed by atoms with Gasteiger partial charge in [-0.2, -0.15) is 0 Å². The highest BCUT2D eigenvalue weighted by Crippen LogP contribution is 2.25. The van der Waals surface area contributed by atoms with E-state index in [4.69, 9.17) is 9.72 Å². The van der Waals surface area contributed by atoms with Crippen LogP contribution in [0.5, 0.6) is 0 Å². The van der Waals surface area contributed by atoms with Crippen LogP contribution in [-0.4, -0.2) is 66.3 Å². The molecular formula is C24H30BrN5O3. The molecule has 176 valence electrons. The van der Waals surface area contributed by atoms with Crippen LogP contribution in [0.1, 0.15) is 18.8 Å². The number of likely N-dealkylation sites (N-methyl/N-ethyl adjacent to an activating group) is 1. The molecule has 0 radical (unpaired) electrons. The van der Waals surface area contributed by atoms with E-state index < -0.39 is 6.04 Å². The number of carbonyl (C=O) groups excluding carboxylic acids is 1. The Kier molecular flexibility index (Phi) is 8.60. The lowest BCUT2D eigenvalue weighted by atomic mass is 10.2. The summed E-state index contributed by atoms with van der Waals surface area (Å²) in [6.07, 6.45) is 0. The highest BCUT2D eigenvalue weighted by atomic mass is 79.9. The molecule has 33 heavy (non-hydrogen) atoms. The summed E-state index contributed by atoms with van der Waals surface area (Å²) in [5.74, 6) is 0.525. The molecule has 0 aliphatic carbocycles. The molecule has 3 rings (SSSR count). The molecule has 1 aromatic heterocycles. The zero-order chi connectivity index (χ0) is 24.0. The molecule has 2 aromatic carbocycles. The Labute approximate surface area is 202 Å². The van der Waals surface area contributed by atoms with Crippen molar-refractivity contribution in [2.75, 3.05) is 46.2 Å². The number of nitrogens with one attached hydrogen (secondary N) is 1. The van der Waals surface area contributed by atoms with E-state index in [1.165, 1.54) is 0 Å². The first-order chi connectivity index (χ1) is 15.8. The van der Waals surface area contributed by atoms with Crippen molar-refractivity contribution in [2.24, 2.45) is 0 Å². The first kappa shape index (κ1) is 24.9. The largest absolute Gasteiger partial charge is 0.383 e. The summed E-state index contributed by atoms with van der Waals surface area (Å²) in [5.41, 5.74) is 1.14.